The number of aromatic amines is 1. The molecule has 1 unspecified atom stereocenters. The maximum atomic E-state index is 13.4. The molecular formula is C27H30N4O4. The van der Waals surface area contributed by atoms with Gasteiger partial charge in [0, 0.05) is 49.6 Å². The van der Waals surface area contributed by atoms with Crippen molar-refractivity contribution in [3.8, 4) is 17.0 Å². The number of benzene rings is 1. The Balaban J connectivity index is 1.55. The number of carbonyl (C=O) groups is 2. The number of carbonyl (C=O) groups excluding carboxylic acids is 2. The van der Waals surface area contributed by atoms with E-state index in [1.54, 1.807) is 19.4 Å². The van der Waals surface area contributed by atoms with Gasteiger partial charge in [0.1, 0.15) is 5.75 Å². The molecule has 8 heteroatoms. The highest BCUT2D eigenvalue weighted by atomic mass is 16.5. The third-order valence-corrected chi connectivity index (χ3v) is 6.67. The Kier molecular flexibility index (Phi) is 6.55. The van der Waals surface area contributed by atoms with Crippen LogP contribution in [0, 0.1) is 11.8 Å². The van der Waals surface area contributed by atoms with Gasteiger partial charge in [-0.15, -0.1) is 0 Å². The number of hydrogen-bond donors (Lipinski definition) is 3. The SMILES string of the molecule is CN(CCO)C(=O)C1CC(=O)c2c([nH]c(-c3ccncc3OCC3CC3)c2Nc2ccccc2)C1. The third kappa shape index (κ3) is 4.93. The predicted molar refractivity (Wildman–Crippen MR) is 133 cm³/mol. The Bertz CT molecular complexity index is 1220. The number of H-pyrrole nitrogens is 1. The number of pyridine rings is 1. The summed E-state index contributed by atoms with van der Waals surface area (Å²) in [7, 11) is 1.65. The summed E-state index contributed by atoms with van der Waals surface area (Å²) in [6.45, 7) is 0.775. The smallest absolute Gasteiger partial charge is 0.226 e. The molecule has 3 aromatic rings. The van der Waals surface area contributed by atoms with Crippen molar-refractivity contribution in [3.05, 3.63) is 60.0 Å². The number of para-hydroxylation sites is 1. The maximum Gasteiger partial charge on any atom is 0.226 e. The van der Waals surface area contributed by atoms with Crippen molar-refractivity contribution in [1.29, 1.82) is 0 Å². The first kappa shape index (κ1) is 23.1. The topological polar surface area (TPSA) is 108 Å². The molecule has 1 aromatic carbocycles. The highest BCUT2D eigenvalue weighted by Crippen LogP contribution is 2.43. The van der Waals surface area contributed by atoms with E-state index in [4.69, 9.17) is 4.74 Å². The van der Waals surface area contributed by atoms with Crippen molar-refractivity contribution in [1.82, 2.24) is 14.9 Å². The summed E-state index contributed by atoms with van der Waals surface area (Å²) in [5.74, 6) is 0.565. The van der Waals surface area contributed by atoms with Crippen LogP contribution >= 0.6 is 0 Å². The monoisotopic (exact) mass is 474 g/mol. The van der Waals surface area contributed by atoms with Gasteiger partial charge in [-0.3, -0.25) is 14.6 Å². The van der Waals surface area contributed by atoms with Gasteiger partial charge in [0.2, 0.25) is 5.91 Å². The lowest BCUT2D eigenvalue weighted by molar-refractivity contribution is -0.134. The van der Waals surface area contributed by atoms with Gasteiger partial charge in [0.15, 0.2) is 5.78 Å². The minimum absolute atomic E-state index is 0.0857. The van der Waals surface area contributed by atoms with Gasteiger partial charge >= 0.3 is 0 Å². The first-order valence-corrected chi connectivity index (χ1v) is 12.1. The number of nitrogens with one attached hydrogen (secondary N) is 2. The van der Waals surface area contributed by atoms with Crippen LogP contribution in [0.15, 0.2) is 48.8 Å². The Morgan fingerprint density at radius 2 is 2.03 bits per heavy atom. The van der Waals surface area contributed by atoms with Gasteiger partial charge in [-0.1, -0.05) is 18.2 Å². The summed E-state index contributed by atoms with van der Waals surface area (Å²) >= 11 is 0. The number of aliphatic hydroxyl groups excluding tert-OH is 1. The van der Waals surface area contributed by atoms with Crippen LogP contribution in [0.4, 0.5) is 11.4 Å². The molecule has 0 radical (unpaired) electrons. The fourth-order valence-electron chi connectivity index (χ4n) is 4.59. The Morgan fingerprint density at radius 1 is 1.23 bits per heavy atom. The number of aromatic nitrogens is 2. The zero-order chi connectivity index (χ0) is 24.4. The maximum absolute atomic E-state index is 13.4. The highest BCUT2D eigenvalue weighted by Gasteiger charge is 2.36. The fourth-order valence-corrected chi connectivity index (χ4v) is 4.59. The number of amides is 1. The molecule has 35 heavy (non-hydrogen) atoms. The second kappa shape index (κ2) is 9.92. The van der Waals surface area contributed by atoms with Gasteiger partial charge in [-0.05, 0) is 37.0 Å². The molecule has 1 fully saturated rings. The summed E-state index contributed by atoms with van der Waals surface area (Å²) in [5.41, 5.74) is 4.43. The molecule has 8 nitrogen and oxygen atoms in total. The molecule has 2 aliphatic carbocycles. The van der Waals surface area contributed by atoms with E-state index in [0.29, 0.717) is 35.9 Å². The second-order valence-corrected chi connectivity index (χ2v) is 9.36. The van der Waals surface area contributed by atoms with E-state index in [1.807, 2.05) is 36.4 Å². The number of fused-ring (bicyclic) bond motifs is 1. The van der Waals surface area contributed by atoms with Crippen LogP contribution in [0.3, 0.4) is 0 Å². The molecular weight excluding hydrogens is 444 g/mol. The summed E-state index contributed by atoms with van der Waals surface area (Å²) in [4.78, 5) is 35.5. The molecule has 2 heterocycles. The molecule has 1 amide bonds. The first-order chi connectivity index (χ1) is 17.0. The number of hydrogen-bond acceptors (Lipinski definition) is 6. The van der Waals surface area contributed by atoms with Crippen LogP contribution in [0.2, 0.25) is 0 Å². The van der Waals surface area contributed by atoms with Gasteiger partial charge in [0.25, 0.3) is 0 Å². The summed E-state index contributed by atoms with van der Waals surface area (Å²) in [5, 5.41) is 12.7. The van der Waals surface area contributed by atoms with Crippen molar-refractivity contribution < 1.29 is 19.4 Å². The molecule has 2 aromatic heterocycles. The molecule has 3 N–H and O–H groups in total. The Hall–Kier alpha value is -3.65. The van der Waals surface area contributed by atoms with Crippen LogP contribution < -0.4 is 10.1 Å². The van der Waals surface area contributed by atoms with E-state index in [-0.39, 0.29) is 31.3 Å². The van der Waals surface area contributed by atoms with Crippen LogP contribution in [-0.2, 0) is 11.2 Å². The molecule has 182 valence electrons. The Labute approximate surface area is 204 Å². The average Bonchev–Trinajstić information content (AvgIpc) is 3.63. The summed E-state index contributed by atoms with van der Waals surface area (Å²) in [6.07, 6.45) is 6.33. The standard InChI is InChI=1S/C27H30N4O4/c1-31(11-12-32)27(34)18-13-21-24(22(33)14-18)26(29-19-5-3-2-4-6-19)25(30-21)20-9-10-28-15-23(20)35-16-17-7-8-17/h2-6,9-10,15,17-18,29-30,32H,7-8,11-14,16H2,1H3. The zero-order valence-electron chi connectivity index (χ0n) is 19.8. The van der Waals surface area contributed by atoms with Crippen LogP contribution in [-0.4, -0.2) is 58.5 Å². The number of ketones is 1. The van der Waals surface area contributed by atoms with E-state index < -0.39 is 5.92 Å². The van der Waals surface area contributed by atoms with Crippen molar-refractivity contribution >= 4 is 23.1 Å². The van der Waals surface area contributed by atoms with Crippen molar-refractivity contribution in [3.63, 3.8) is 0 Å². The van der Waals surface area contributed by atoms with Crippen LogP contribution in [0.25, 0.3) is 11.3 Å². The normalized spacial score (nSPS) is 17.1. The minimum Gasteiger partial charge on any atom is -0.491 e. The number of likely N-dealkylation sites (N-methyl/N-ethyl adjacent to an activating group) is 1. The first-order valence-electron chi connectivity index (χ1n) is 12.1. The van der Waals surface area contributed by atoms with Crippen molar-refractivity contribution in [2.45, 2.75) is 25.7 Å². The number of nitrogens with zero attached hydrogens (tertiary/aromatic N) is 2. The van der Waals surface area contributed by atoms with E-state index in [2.05, 4.69) is 15.3 Å². The van der Waals surface area contributed by atoms with Gasteiger partial charge < -0.3 is 25.0 Å². The number of aliphatic hydroxyl groups is 1. The lowest BCUT2D eigenvalue weighted by Gasteiger charge is -2.26. The quantitative estimate of drug-likeness (QED) is 0.435. The average molecular weight is 475 g/mol. The predicted octanol–water partition coefficient (Wildman–Crippen LogP) is 3.80. The Morgan fingerprint density at radius 3 is 2.77 bits per heavy atom. The summed E-state index contributed by atoms with van der Waals surface area (Å²) in [6, 6.07) is 11.6. The van der Waals surface area contributed by atoms with E-state index in [0.717, 1.165) is 22.6 Å². The summed E-state index contributed by atoms with van der Waals surface area (Å²) < 4.78 is 6.12. The number of anilines is 2. The zero-order valence-corrected chi connectivity index (χ0v) is 19.8. The molecule has 0 bridgehead atoms. The molecule has 0 aliphatic heterocycles. The molecule has 2 aliphatic rings. The van der Waals surface area contributed by atoms with Gasteiger partial charge in [-0.2, -0.15) is 0 Å². The largest absolute Gasteiger partial charge is 0.491 e. The highest BCUT2D eigenvalue weighted by molar-refractivity contribution is 6.09. The van der Waals surface area contributed by atoms with Crippen LogP contribution in [0.1, 0.15) is 35.3 Å². The number of ether oxygens (including phenoxy) is 1. The van der Waals surface area contributed by atoms with Gasteiger partial charge in [-0.25, -0.2) is 0 Å². The lowest BCUT2D eigenvalue weighted by atomic mass is 9.85. The second-order valence-electron chi connectivity index (χ2n) is 9.36. The molecule has 0 saturated heterocycles. The fraction of sp³-hybridized carbons (Fsp3) is 0.370. The number of Topliss-reactive ketones (excluding diaryl/α,β-unsaturated/α-hetero) is 1. The van der Waals surface area contributed by atoms with Gasteiger partial charge in [0.05, 0.1) is 42.3 Å². The van der Waals surface area contributed by atoms with Crippen molar-refractivity contribution in [2.24, 2.45) is 11.8 Å². The molecule has 1 saturated carbocycles. The van der Waals surface area contributed by atoms with E-state index in [1.165, 1.54) is 17.7 Å². The minimum atomic E-state index is -0.467. The van der Waals surface area contributed by atoms with E-state index in [9.17, 15) is 14.7 Å². The number of rotatable bonds is 9. The molecule has 5 rings (SSSR count). The third-order valence-electron chi connectivity index (χ3n) is 6.67. The van der Waals surface area contributed by atoms with Crippen molar-refractivity contribution in [2.75, 3.05) is 32.1 Å². The lowest BCUT2D eigenvalue weighted by Crippen LogP contribution is -2.38. The van der Waals surface area contributed by atoms with Crippen LogP contribution in [0.5, 0.6) is 5.75 Å². The molecule has 0 spiro atoms. The molecule has 1 atom stereocenters. The van der Waals surface area contributed by atoms with E-state index >= 15 is 0 Å².